The second kappa shape index (κ2) is 7.68. The van der Waals surface area contributed by atoms with Crippen LogP contribution in [0.15, 0.2) is 30.5 Å². The highest BCUT2D eigenvalue weighted by Crippen LogP contribution is 2.34. The fourth-order valence-corrected chi connectivity index (χ4v) is 4.46. The Labute approximate surface area is 162 Å². The Kier molecular flexibility index (Phi) is 5.11. The van der Waals surface area contributed by atoms with Gasteiger partial charge in [0.1, 0.15) is 5.69 Å². The van der Waals surface area contributed by atoms with Gasteiger partial charge in [-0.3, -0.25) is 4.68 Å². The van der Waals surface area contributed by atoms with Crippen molar-refractivity contribution in [2.45, 2.75) is 45.2 Å². The van der Waals surface area contributed by atoms with Crippen LogP contribution in [0, 0.1) is 12.7 Å². The van der Waals surface area contributed by atoms with Gasteiger partial charge in [0.25, 0.3) is 0 Å². The number of ether oxygens (including phenoxy) is 1. The monoisotopic (exact) mass is 386 g/mol. The average molecular weight is 386 g/mol. The number of nitrogens with one attached hydrogen (secondary N) is 1. The van der Waals surface area contributed by atoms with Gasteiger partial charge in [0.2, 0.25) is 0 Å². The van der Waals surface area contributed by atoms with Crippen LogP contribution in [0.2, 0.25) is 0 Å². The molecule has 1 N–H and O–H groups in total. The van der Waals surface area contributed by atoms with Crippen molar-refractivity contribution >= 4 is 16.5 Å². The highest BCUT2D eigenvalue weighted by atomic mass is 32.1. The zero-order chi connectivity index (χ0) is 18.8. The normalized spacial score (nSPS) is 14.6. The van der Waals surface area contributed by atoms with E-state index >= 15 is 0 Å². The first kappa shape index (κ1) is 18.0. The SMILES string of the molecule is COc1cc(CNc2nc(C)c(-c3ccn(C4CCCC4)n3)s2)ccc1F. The molecule has 0 unspecified atom stereocenters. The van der Waals surface area contributed by atoms with Gasteiger partial charge in [-0.1, -0.05) is 30.2 Å². The highest BCUT2D eigenvalue weighted by Gasteiger charge is 2.19. The molecule has 1 aliphatic carbocycles. The molecule has 5 nitrogen and oxygen atoms in total. The summed E-state index contributed by atoms with van der Waals surface area (Å²) in [5, 5.41) is 8.94. The number of aryl methyl sites for hydroxylation is 1. The number of methoxy groups -OCH3 is 1. The highest BCUT2D eigenvalue weighted by molar-refractivity contribution is 7.19. The van der Waals surface area contributed by atoms with E-state index in [0.29, 0.717) is 12.6 Å². The Bertz CT molecular complexity index is 930. The summed E-state index contributed by atoms with van der Waals surface area (Å²) in [6.07, 6.45) is 7.11. The molecule has 2 aromatic heterocycles. The molecule has 0 atom stereocenters. The fourth-order valence-electron chi connectivity index (χ4n) is 3.53. The van der Waals surface area contributed by atoms with E-state index < -0.39 is 0 Å². The summed E-state index contributed by atoms with van der Waals surface area (Å²) in [5.74, 6) is -0.103. The van der Waals surface area contributed by atoms with E-state index in [4.69, 9.17) is 9.84 Å². The Morgan fingerprint density at radius 3 is 2.89 bits per heavy atom. The maximum atomic E-state index is 13.5. The molecule has 0 radical (unpaired) electrons. The van der Waals surface area contributed by atoms with Crippen LogP contribution in [0.4, 0.5) is 9.52 Å². The van der Waals surface area contributed by atoms with E-state index in [9.17, 15) is 4.39 Å². The molecular weight excluding hydrogens is 363 g/mol. The first-order valence-corrected chi connectivity index (χ1v) is 10.0. The minimum absolute atomic E-state index is 0.253. The summed E-state index contributed by atoms with van der Waals surface area (Å²) in [6.45, 7) is 2.56. The molecule has 1 aromatic carbocycles. The first-order chi connectivity index (χ1) is 13.1. The topological polar surface area (TPSA) is 52.0 Å². The molecule has 0 spiro atoms. The van der Waals surface area contributed by atoms with Crippen molar-refractivity contribution in [1.29, 1.82) is 0 Å². The summed E-state index contributed by atoms with van der Waals surface area (Å²) in [7, 11) is 1.47. The van der Waals surface area contributed by atoms with Gasteiger partial charge in [0.05, 0.1) is 23.7 Å². The van der Waals surface area contributed by atoms with Gasteiger partial charge >= 0.3 is 0 Å². The zero-order valence-electron chi connectivity index (χ0n) is 15.5. The van der Waals surface area contributed by atoms with Crippen molar-refractivity contribution in [3.63, 3.8) is 0 Å². The summed E-state index contributed by atoms with van der Waals surface area (Å²) in [4.78, 5) is 5.71. The van der Waals surface area contributed by atoms with Gasteiger partial charge in [-0.25, -0.2) is 9.37 Å². The van der Waals surface area contributed by atoms with Gasteiger partial charge < -0.3 is 10.1 Å². The van der Waals surface area contributed by atoms with E-state index in [1.165, 1.54) is 38.9 Å². The van der Waals surface area contributed by atoms with E-state index in [2.05, 4.69) is 27.2 Å². The van der Waals surface area contributed by atoms with Crippen LogP contribution in [0.1, 0.15) is 43.0 Å². The number of nitrogens with zero attached hydrogens (tertiary/aromatic N) is 3. The largest absolute Gasteiger partial charge is 0.494 e. The molecule has 0 aliphatic heterocycles. The number of rotatable bonds is 6. The first-order valence-electron chi connectivity index (χ1n) is 9.23. The van der Waals surface area contributed by atoms with Crippen molar-refractivity contribution in [3.05, 3.63) is 47.5 Å². The summed E-state index contributed by atoms with van der Waals surface area (Å²) < 4.78 is 20.7. The molecule has 2 heterocycles. The Morgan fingerprint density at radius 1 is 1.30 bits per heavy atom. The lowest BCUT2D eigenvalue weighted by molar-refractivity contribution is 0.386. The maximum absolute atomic E-state index is 13.5. The van der Waals surface area contributed by atoms with Crippen molar-refractivity contribution in [3.8, 4) is 16.3 Å². The molecule has 7 heteroatoms. The standard InChI is InChI=1S/C20H23FN4OS/c1-13-19(17-9-10-25(24-17)15-5-3-4-6-15)27-20(23-13)22-12-14-7-8-16(21)18(11-14)26-2/h7-11,15H,3-6,12H2,1-2H3,(H,22,23). The lowest BCUT2D eigenvalue weighted by Crippen LogP contribution is -2.04. The van der Waals surface area contributed by atoms with E-state index in [-0.39, 0.29) is 11.6 Å². The minimum atomic E-state index is -0.355. The van der Waals surface area contributed by atoms with Gasteiger partial charge in [-0.05, 0) is 43.5 Å². The number of benzene rings is 1. The van der Waals surface area contributed by atoms with Gasteiger partial charge in [-0.2, -0.15) is 5.10 Å². The summed E-state index contributed by atoms with van der Waals surface area (Å²) in [6, 6.07) is 7.48. The van der Waals surface area contributed by atoms with Crippen LogP contribution in [0.3, 0.4) is 0 Å². The number of anilines is 1. The summed E-state index contributed by atoms with van der Waals surface area (Å²) >= 11 is 1.60. The molecule has 1 saturated carbocycles. The van der Waals surface area contributed by atoms with Gasteiger partial charge in [-0.15, -0.1) is 0 Å². The minimum Gasteiger partial charge on any atom is -0.494 e. The summed E-state index contributed by atoms with van der Waals surface area (Å²) in [5.41, 5.74) is 2.89. The molecule has 1 fully saturated rings. The van der Waals surface area contributed by atoms with Crippen molar-refractivity contribution in [2.24, 2.45) is 0 Å². The zero-order valence-corrected chi connectivity index (χ0v) is 16.4. The smallest absolute Gasteiger partial charge is 0.183 e. The second-order valence-corrected chi connectivity index (χ2v) is 7.87. The third-order valence-electron chi connectivity index (χ3n) is 5.00. The molecule has 0 saturated heterocycles. The molecular formula is C20H23FN4OS. The van der Waals surface area contributed by atoms with Crippen LogP contribution >= 0.6 is 11.3 Å². The van der Waals surface area contributed by atoms with Crippen LogP contribution in [0.25, 0.3) is 10.6 Å². The van der Waals surface area contributed by atoms with Crippen LogP contribution < -0.4 is 10.1 Å². The second-order valence-electron chi connectivity index (χ2n) is 6.88. The average Bonchev–Trinajstić information content (AvgIpc) is 3.41. The quantitative estimate of drug-likeness (QED) is 0.633. The van der Waals surface area contributed by atoms with Crippen molar-refractivity contribution in [1.82, 2.24) is 14.8 Å². The fraction of sp³-hybridized carbons (Fsp3) is 0.400. The Morgan fingerprint density at radius 2 is 2.11 bits per heavy atom. The number of hydrogen-bond acceptors (Lipinski definition) is 5. The Hall–Kier alpha value is -2.41. The lowest BCUT2D eigenvalue weighted by Gasteiger charge is -2.08. The lowest BCUT2D eigenvalue weighted by atomic mass is 10.2. The predicted octanol–water partition coefficient (Wildman–Crippen LogP) is 5.19. The van der Waals surface area contributed by atoms with E-state index in [1.54, 1.807) is 23.5 Å². The molecule has 0 bridgehead atoms. The third kappa shape index (κ3) is 3.83. The number of aromatic nitrogens is 3. The number of hydrogen-bond donors (Lipinski definition) is 1. The van der Waals surface area contributed by atoms with Gasteiger partial charge in [0.15, 0.2) is 16.7 Å². The Balaban J connectivity index is 1.47. The molecule has 0 amide bonds. The molecule has 27 heavy (non-hydrogen) atoms. The molecule has 4 rings (SSSR count). The van der Waals surface area contributed by atoms with Crippen molar-refractivity contribution < 1.29 is 9.13 Å². The van der Waals surface area contributed by atoms with E-state index in [1.807, 2.05) is 6.92 Å². The van der Waals surface area contributed by atoms with E-state index in [0.717, 1.165) is 27.0 Å². The van der Waals surface area contributed by atoms with Crippen molar-refractivity contribution in [2.75, 3.05) is 12.4 Å². The van der Waals surface area contributed by atoms with Crippen LogP contribution in [-0.4, -0.2) is 21.9 Å². The van der Waals surface area contributed by atoms with Gasteiger partial charge in [0, 0.05) is 12.7 Å². The molecule has 1 aliphatic rings. The molecule has 142 valence electrons. The maximum Gasteiger partial charge on any atom is 0.183 e. The number of thiazole rings is 1. The predicted molar refractivity (Wildman–Crippen MR) is 106 cm³/mol. The van der Waals surface area contributed by atoms with Crippen LogP contribution in [-0.2, 0) is 6.54 Å². The third-order valence-corrected chi connectivity index (χ3v) is 6.13. The van der Waals surface area contributed by atoms with Crippen LogP contribution in [0.5, 0.6) is 5.75 Å². The number of halogens is 1. The molecule has 3 aromatic rings.